The minimum atomic E-state index is -3.29. The van der Waals surface area contributed by atoms with Crippen LogP contribution in [0.25, 0.3) is 0 Å². The smallest absolute Gasteiger partial charge is 0.282 e. The van der Waals surface area contributed by atoms with Crippen molar-refractivity contribution in [1.82, 2.24) is 13.5 Å². The zero-order chi connectivity index (χ0) is 14.6. The van der Waals surface area contributed by atoms with Gasteiger partial charge < -0.3 is 4.90 Å². The monoisotopic (exact) mass is 323 g/mol. The van der Waals surface area contributed by atoms with E-state index < -0.39 is 10.2 Å². The lowest BCUT2D eigenvalue weighted by molar-refractivity contribution is 0.243. The van der Waals surface area contributed by atoms with Crippen LogP contribution in [0.2, 0.25) is 0 Å². The molecule has 0 aromatic heterocycles. The molecule has 0 aliphatic carbocycles. The second kappa shape index (κ2) is 7.40. The van der Waals surface area contributed by atoms with E-state index in [1.165, 1.54) is 0 Å². The van der Waals surface area contributed by atoms with Crippen molar-refractivity contribution in [1.29, 1.82) is 0 Å². The summed E-state index contributed by atoms with van der Waals surface area (Å²) in [5.41, 5.74) is 0. The van der Waals surface area contributed by atoms with Gasteiger partial charge in [-0.2, -0.15) is 17.0 Å². The maximum atomic E-state index is 12.8. The summed E-state index contributed by atoms with van der Waals surface area (Å²) < 4.78 is 28.9. The van der Waals surface area contributed by atoms with Gasteiger partial charge in [-0.3, -0.25) is 0 Å². The van der Waals surface area contributed by atoms with E-state index in [-0.39, 0.29) is 6.04 Å². The molecule has 0 aromatic carbocycles. The molecule has 0 aromatic rings. The van der Waals surface area contributed by atoms with E-state index in [1.807, 2.05) is 6.92 Å². The Morgan fingerprint density at radius 3 is 2.55 bits per heavy atom. The van der Waals surface area contributed by atoms with Gasteiger partial charge >= 0.3 is 0 Å². The van der Waals surface area contributed by atoms with Crippen molar-refractivity contribution in [3.8, 4) is 0 Å². The summed E-state index contributed by atoms with van der Waals surface area (Å²) in [6.45, 7) is 6.48. The Morgan fingerprint density at radius 2 is 1.85 bits per heavy atom. The number of rotatable bonds is 4. The lowest BCUT2D eigenvalue weighted by Crippen LogP contribution is -2.50. The Labute approximate surface area is 128 Å². The highest BCUT2D eigenvalue weighted by molar-refractivity contribution is 7.86. The van der Waals surface area contributed by atoms with Crippen LogP contribution < -0.4 is 0 Å². The van der Waals surface area contributed by atoms with Crippen molar-refractivity contribution < 1.29 is 8.42 Å². The highest BCUT2D eigenvalue weighted by Crippen LogP contribution is 2.23. The standard InChI is InChI=1S/C13H26ClN3O2S/c1-13-5-2-3-9-17(13)20(18,19)16-8-4-7-15(10-6-14)11-12-16/h13H,2-12H2,1H3. The van der Waals surface area contributed by atoms with Gasteiger partial charge in [-0.05, 0) is 32.7 Å². The molecule has 20 heavy (non-hydrogen) atoms. The summed E-state index contributed by atoms with van der Waals surface area (Å²) in [6.07, 6.45) is 3.98. The van der Waals surface area contributed by atoms with Crippen molar-refractivity contribution >= 4 is 21.8 Å². The maximum Gasteiger partial charge on any atom is 0.282 e. The van der Waals surface area contributed by atoms with E-state index in [9.17, 15) is 8.42 Å². The first-order chi connectivity index (χ1) is 9.55. The van der Waals surface area contributed by atoms with E-state index in [0.717, 1.165) is 45.3 Å². The van der Waals surface area contributed by atoms with Gasteiger partial charge in [-0.15, -0.1) is 11.6 Å². The molecule has 2 aliphatic heterocycles. The topological polar surface area (TPSA) is 43.9 Å². The molecule has 0 N–H and O–H groups in total. The molecular formula is C13H26ClN3O2S. The van der Waals surface area contributed by atoms with Crippen LogP contribution in [0.1, 0.15) is 32.6 Å². The molecule has 2 saturated heterocycles. The van der Waals surface area contributed by atoms with Crippen LogP contribution in [0.4, 0.5) is 0 Å². The Bertz CT molecular complexity index is 404. The third kappa shape index (κ3) is 3.85. The van der Waals surface area contributed by atoms with E-state index in [0.29, 0.717) is 25.5 Å². The minimum Gasteiger partial charge on any atom is -0.301 e. The molecule has 7 heteroatoms. The fourth-order valence-corrected chi connectivity index (χ4v) is 5.21. The first-order valence-corrected chi connectivity index (χ1v) is 9.54. The van der Waals surface area contributed by atoms with Gasteiger partial charge in [0.05, 0.1) is 0 Å². The third-order valence-corrected chi connectivity index (χ3v) is 6.63. The van der Waals surface area contributed by atoms with Gasteiger partial charge in [-0.1, -0.05) is 6.42 Å². The van der Waals surface area contributed by atoms with E-state index in [1.54, 1.807) is 8.61 Å². The van der Waals surface area contributed by atoms with Crippen LogP contribution in [0.3, 0.4) is 0 Å². The van der Waals surface area contributed by atoms with Crippen molar-refractivity contribution in [2.75, 3.05) is 45.1 Å². The van der Waals surface area contributed by atoms with Crippen LogP contribution in [0.15, 0.2) is 0 Å². The number of hydrogen-bond acceptors (Lipinski definition) is 3. The molecule has 2 fully saturated rings. The van der Waals surface area contributed by atoms with Crippen molar-refractivity contribution in [3.05, 3.63) is 0 Å². The summed E-state index contributed by atoms with van der Waals surface area (Å²) in [4.78, 5) is 2.25. The largest absolute Gasteiger partial charge is 0.301 e. The fraction of sp³-hybridized carbons (Fsp3) is 1.00. The van der Waals surface area contributed by atoms with Crippen molar-refractivity contribution in [3.63, 3.8) is 0 Å². The second-order valence-corrected chi connectivity index (χ2v) is 8.01. The summed E-state index contributed by atoms with van der Waals surface area (Å²) in [6, 6.07) is 0.135. The fourth-order valence-electron chi connectivity index (χ4n) is 3.08. The molecule has 0 saturated carbocycles. The molecule has 2 rings (SSSR count). The number of alkyl halides is 1. The highest BCUT2D eigenvalue weighted by atomic mass is 35.5. The summed E-state index contributed by atoms with van der Waals surface area (Å²) >= 11 is 5.77. The first kappa shape index (κ1) is 16.5. The van der Waals surface area contributed by atoms with Gasteiger partial charge in [0.25, 0.3) is 10.2 Å². The molecule has 0 radical (unpaired) electrons. The number of halogens is 1. The molecule has 2 aliphatic rings. The molecule has 1 unspecified atom stereocenters. The van der Waals surface area contributed by atoms with E-state index >= 15 is 0 Å². The predicted molar refractivity (Wildman–Crippen MR) is 82.3 cm³/mol. The van der Waals surface area contributed by atoms with Gasteiger partial charge in [0, 0.05) is 44.6 Å². The second-order valence-electron chi connectivity index (χ2n) is 5.75. The normalized spacial score (nSPS) is 28.4. The highest BCUT2D eigenvalue weighted by Gasteiger charge is 2.35. The SMILES string of the molecule is CC1CCCCN1S(=O)(=O)N1CCCN(CCCl)CC1. The van der Waals surface area contributed by atoms with Crippen LogP contribution in [-0.2, 0) is 10.2 Å². The molecular weight excluding hydrogens is 298 g/mol. The molecule has 1 atom stereocenters. The van der Waals surface area contributed by atoms with Crippen LogP contribution in [0.5, 0.6) is 0 Å². The lowest BCUT2D eigenvalue weighted by atomic mass is 10.1. The Hall–Kier alpha value is 0.120. The van der Waals surface area contributed by atoms with Gasteiger partial charge in [0.2, 0.25) is 0 Å². The van der Waals surface area contributed by atoms with Crippen LogP contribution >= 0.6 is 11.6 Å². The molecule has 2 heterocycles. The lowest BCUT2D eigenvalue weighted by Gasteiger charge is -2.36. The van der Waals surface area contributed by atoms with Gasteiger partial charge in [0.1, 0.15) is 0 Å². The number of hydrogen-bond donors (Lipinski definition) is 0. The molecule has 5 nitrogen and oxygen atoms in total. The zero-order valence-corrected chi connectivity index (χ0v) is 13.9. The van der Waals surface area contributed by atoms with E-state index in [2.05, 4.69) is 4.90 Å². The molecule has 0 amide bonds. The van der Waals surface area contributed by atoms with Crippen molar-refractivity contribution in [2.45, 2.75) is 38.6 Å². The van der Waals surface area contributed by atoms with Crippen LogP contribution in [-0.4, -0.2) is 73.1 Å². The maximum absolute atomic E-state index is 12.8. The van der Waals surface area contributed by atoms with Crippen molar-refractivity contribution in [2.24, 2.45) is 0 Å². The first-order valence-electron chi connectivity index (χ1n) is 7.61. The van der Waals surface area contributed by atoms with E-state index in [4.69, 9.17) is 11.6 Å². The Morgan fingerprint density at radius 1 is 1.05 bits per heavy atom. The van der Waals surface area contributed by atoms with Gasteiger partial charge in [-0.25, -0.2) is 0 Å². The minimum absolute atomic E-state index is 0.135. The summed E-state index contributed by atoms with van der Waals surface area (Å²) in [5.74, 6) is 0.607. The predicted octanol–water partition coefficient (Wildman–Crippen LogP) is 1.35. The average molecular weight is 324 g/mol. The zero-order valence-electron chi connectivity index (χ0n) is 12.3. The van der Waals surface area contributed by atoms with Gasteiger partial charge in [0.15, 0.2) is 0 Å². The molecule has 0 bridgehead atoms. The average Bonchev–Trinajstić information content (AvgIpc) is 2.65. The quantitative estimate of drug-likeness (QED) is 0.734. The number of piperidine rings is 1. The number of nitrogens with zero attached hydrogens (tertiary/aromatic N) is 3. The summed E-state index contributed by atoms with van der Waals surface area (Å²) in [5, 5.41) is 0. The van der Waals surface area contributed by atoms with Crippen LogP contribution in [0, 0.1) is 0 Å². The third-order valence-electron chi connectivity index (χ3n) is 4.31. The molecule has 118 valence electrons. The molecule has 0 spiro atoms. The Balaban J connectivity index is 2.01. The summed E-state index contributed by atoms with van der Waals surface area (Å²) in [7, 11) is -3.29. The Kier molecular flexibility index (Phi) is 6.10.